The minimum Gasteiger partial charge on any atom is -0.394 e. The molecule has 0 aliphatic carbocycles. The Morgan fingerprint density at radius 3 is 1.13 bits per heavy atom. The van der Waals surface area contributed by atoms with Crippen molar-refractivity contribution in [2.75, 3.05) is 13.2 Å². The number of hydrogen-bond acceptors (Lipinski definition) is 8. The highest BCUT2D eigenvalue weighted by Gasteiger charge is 2.44. The smallest absolute Gasteiger partial charge is 0.220 e. The van der Waals surface area contributed by atoms with E-state index in [-0.39, 0.29) is 12.5 Å². The van der Waals surface area contributed by atoms with Crippen LogP contribution < -0.4 is 5.32 Å². The average Bonchev–Trinajstić information content (AvgIpc) is 3.66. The SMILES string of the molecule is CC/C=C\C/C=C\C/C=C\C/C=C\C/C=C\C/C=C\C/C=C\CCCCCCCCCCCCCCCCCCCC(=O)NC(COC1OC(CO)C(O)C(O)C1O)C(O)/C=C/CC/C=C/CC/C=C/CCCCCCCCCCCCCCC. The monoisotopic (exact) mass is 1190 g/mol. The van der Waals surface area contributed by atoms with Crippen LogP contribution in [0, 0.1) is 0 Å². The van der Waals surface area contributed by atoms with Gasteiger partial charge in [0, 0.05) is 6.42 Å². The number of carbonyl (C=O) groups excluding carboxylic acids is 1. The summed E-state index contributed by atoms with van der Waals surface area (Å²) < 4.78 is 11.3. The van der Waals surface area contributed by atoms with Gasteiger partial charge in [0.25, 0.3) is 0 Å². The van der Waals surface area contributed by atoms with Crippen LogP contribution in [0.2, 0.25) is 0 Å². The molecule has 9 heteroatoms. The number of aliphatic hydroxyl groups excluding tert-OH is 5. The van der Waals surface area contributed by atoms with Gasteiger partial charge in [-0.05, 0) is 103 Å². The molecule has 85 heavy (non-hydrogen) atoms. The van der Waals surface area contributed by atoms with Crippen molar-refractivity contribution in [1.82, 2.24) is 5.32 Å². The summed E-state index contributed by atoms with van der Waals surface area (Å²) in [5.41, 5.74) is 0. The second-order valence-corrected chi connectivity index (χ2v) is 23.9. The van der Waals surface area contributed by atoms with Crippen LogP contribution in [0.5, 0.6) is 0 Å². The van der Waals surface area contributed by atoms with E-state index in [0.717, 1.165) is 89.9 Å². The lowest BCUT2D eigenvalue weighted by Gasteiger charge is -2.40. The molecule has 1 saturated heterocycles. The molecule has 1 aliphatic heterocycles. The quantitative estimate of drug-likeness (QED) is 0.0261. The maximum absolute atomic E-state index is 13.1. The van der Waals surface area contributed by atoms with Crippen molar-refractivity contribution in [2.24, 2.45) is 0 Å². The predicted octanol–water partition coefficient (Wildman–Crippen LogP) is 19.4. The summed E-state index contributed by atoms with van der Waals surface area (Å²) >= 11 is 0. The van der Waals surface area contributed by atoms with Gasteiger partial charge in [-0.25, -0.2) is 0 Å². The molecule has 1 amide bonds. The fourth-order valence-corrected chi connectivity index (χ4v) is 10.5. The van der Waals surface area contributed by atoms with Crippen LogP contribution in [-0.4, -0.2) is 87.5 Å². The molecule has 1 aliphatic rings. The standard InChI is InChI=1S/C76H131NO8/c1-3-5-7-9-11-13-15-17-19-21-23-25-27-28-29-30-31-32-33-34-35-36-37-38-39-40-41-42-44-46-48-50-52-54-56-58-60-62-64-66-72(80)77-69(68-84-76-75(83)74(82)73(81)71(67-78)85-76)70(79)65-63-61-59-57-55-53-51-49-47-45-43-26-24-22-20-18-16-14-12-10-8-6-4-2/h5,7,11,13,17,19,23,25,28-29,31-32,34-35,47,49,55,57,63,65,69-71,73-76,78-79,81-83H,3-4,6,8-10,12,14-16,18,20-22,24,26-27,30,33,36-46,48,50-54,56,58-62,64,66-68H2,1-2H3,(H,77,80)/b7-5-,13-11-,19-17-,25-23-,29-28-,32-31-,35-34-,49-47+,57-55+,65-63+. The Morgan fingerprint density at radius 2 is 0.741 bits per heavy atom. The molecule has 1 rings (SSSR count). The highest BCUT2D eigenvalue weighted by atomic mass is 16.7. The van der Waals surface area contributed by atoms with E-state index in [0.29, 0.717) is 6.42 Å². The zero-order chi connectivity index (χ0) is 61.4. The van der Waals surface area contributed by atoms with Gasteiger partial charge in [0.05, 0.1) is 25.4 Å². The number of rotatable bonds is 60. The predicted molar refractivity (Wildman–Crippen MR) is 364 cm³/mol. The summed E-state index contributed by atoms with van der Waals surface area (Å²) in [4.78, 5) is 13.1. The Hall–Kier alpha value is -3.41. The van der Waals surface area contributed by atoms with Gasteiger partial charge >= 0.3 is 0 Å². The third kappa shape index (κ3) is 52.3. The Balaban J connectivity index is 2.13. The van der Waals surface area contributed by atoms with Crippen LogP contribution in [0.25, 0.3) is 0 Å². The zero-order valence-electron chi connectivity index (χ0n) is 54.6. The van der Waals surface area contributed by atoms with E-state index in [1.54, 1.807) is 6.08 Å². The largest absolute Gasteiger partial charge is 0.394 e. The summed E-state index contributed by atoms with van der Waals surface area (Å²) in [5, 5.41) is 54.7. The lowest BCUT2D eigenvalue weighted by molar-refractivity contribution is -0.302. The van der Waals surface area contributed by atoms with Gasteiger partial charge in [0.15, 0.2) is 6.29 Å². The maximum Gasteiger partial charge on any atom is 0.220 e. The molecule has 1 fully saturated rings. The molecule has 0 aromatic carbocycles. The molecule has 0 saturated carbocycles. The fraction of sp³-hybridized carbons (Fsp3) is 0.724. The summed E-state index contributed by atoms with van der Waals surface area (Å²) in [7, 11) is 0. The summed E-state index contributed by atoms with van der Waals surface area (Å²) in [5.74, 6) is -0.191. The summed E-state index contributed by atoms with van der Waals surface area (Å²) in [6.07, 6.45) is 88.7. The number of nitrogens with one attached hydrogen (secondary N) is 1. The van der Waals surface area contributed by atoms with Gasteiger partial charge in [0.2, 0.25) is 5.91 Å². The Labute approximate surface area is 522 Å². The number of aliphatic hydroxyl groups is 5. The van der Waals surface area contributed by atoms with E-state index >= 15 is 0 Å². The Bertz CT molecular complexity index is 1760. The third-order valence-corrected chi connectivity index (χ3v) is 16.0. The lowest BCUT2D eigenvalue weighted by atomic mass is 9.99. The van der Waals surface area contributed by atoms with Crippen LogP contribution >= 0.6 is 0 Å². The summed E-state index contributed by atoms with van der Waals surface area (Å²) in [6, 6.07) is -0.835. The molecule has 0 aromatic rings. The van der Waals surface area contributed by atoms with Crippen LogP contribution in [0.4, 0.5) is 0 Å². The molecular formula is C76H131NO8. The third-order valence-electron chi connectivity index (χ3n) is 16.0. The Morgan fingerprint density at radius 1 is 0.412 bits per heavy atom. The molecule has 0 radical (unpaired) electrons. The van der Waals surface area contributed by atoms with E-state index in [1.807, 2.05) is 6.08 Å². The zero-order valence-corrected chi connectivity index (χ0v) is 54.6. The van der Waals surface area contributed by atoms with Crippen molar-refractivity contribution in [3.63, 3.8) is 0 Å². The first-order valence-electron chi connectivity index (χ1n) is 35.3. The van der Waals surface area contributed by atoms with E-state index in [4.69, 9.17) is 9.47 Å². The van der Waals surface area contributed by atoms with Crippen molar-refractivity contribution in [2.45, 2.75) is 339 Å². The van der Waals surface area contributed by atoms with Gasteiger partial charge in [-0.2, -0.15) is 0 Å². The average molecular weight is 1190 g/mol. The van der Waals surface area contributed by atoms with Gasteiger partial charge in [-0.15, -0.1) is 0 Å². The second kappa shape index (κ2) is 63.6. The van der Waals surface area contributed by atoms with Gasteiger partial charge in [-0.1, -0.05) is 309 Å². The minimum absolute atomic E-state index is 0.191. The number of amides is 1. The molecule has 0 bridgehead atoms. The van der Waals surface area contributed by atoms with Gasteiger partial charge in [0.1, 0.15) is 24.4 Å². The van der Waals surface area contributed by atoms with E-state index in [2.05, 4.69) is 129 Å². The van der Waals surface area contributed by atoms with Crippen LogP contribution in [0.3, 0.4) is 0 Å². The maximum atomic E-state index is 13.1. The fourth-order valence-electron chi connectivity index (χ4n) is 10.5. The first kappa shape index (κ1) is 79.6. The number of hydrogen-bond donors (Lipinski definition) is 6. The highest BCUT2D eigenvalue weighted by molar-refractivity contribution is 5.76. The van der Waals surface area contributed by atoms with Crippen LogP contribution in [0.1, 0.15) is 296 Å². The van der Waals surface area contributed by atoms with E-state index in [1.165, 1.54) is 186 Å². The molecule has 488 valence electrons. The number of carbonyl (C=O) groups is 1. The Kier molecular flexibility index (Phi) is 59.6. The normalized spacial score (nSPS) is 18.9. The minimum atomic E-state index is -1.58. The number of allylic oxidation sites excluding steroid dienone is 19. The van der Waals surface area contributed by atoms with Crippen molar-refractivity contribution in [1.29, 1.82) is 0 Å². The second-order valence-electron chi connectivity index (χ2n) is 23.9. The van der Waals surface area contributed by atoms with Crippen molar-refractivity contribution < 1.29 is 39.8 Å². The molecule has 1 heterocycles. The van der Waals surface area contributed by atoms with Crippen LogP contribution in [-0.2, 0) is 14.3 Å². The topological polar surface area (TPSA) is 149 Å². The summed E-state index contributed by atoms with van der Waals surface area (Å²) in [6.45, 7) is 3.66. The number of unbranched alkanes of at least 4 members (excludes halogenated alkanes) is 32. The first-order chi connectivity index (χ1) is 41.8. The molecule has 7 unspecified atom stereocenters. The molecule has 0 spiro atoms. The first-order valence-corrected chi connectivity index (χ1v) is 35.3. The van der Waals surface area contributed by atoms with Crippen LogP contribution in [0.15, 0.2) is 122 Å². The highest BCUT2D eigenvalue weighted by Crippen LogP contribution is 2.23. The molecule has 7 atom stereocenters. The molecule has 9 nitrogen and oxygen atoms in total. The number of ether oxygens (including phenoxy) is 2. The van der Waals surface area contributed by atoms with Crippen molar-refractivity contribution >= 4 is 5.91 Å². The van der Waals surface area contributed by atoms with Gasteiger partial charge in [-0.3, -0.25) is 4.79 Å². The lowest BCUT2D eigenvalue weighted by Crippen LogP contribution is -2.60. The van der Waals surface area contributed by atoms with Crippen molar-refractivity contribution in [3.05, 3.63) is 122 Å². The van der Waals surface area contributed by atoms with E-state index in [9.17, 15) is 30.3 Å². The molecule has 0 aromatic heterocycles. The molecule has 6 N–H and O–H groups in total. The van der Waals surface area contributed by atoms with Crippen molar-refractivity contribution in [3.8, 4) is 0 Å². The van der Waals surface area contributed by atoms with Gasteiger partial charge < -0.3 is 40.3 Å². The molecular weight excluding hydrogens is 1050 g/mol. The van der Waals surface area contributed by atoms with E-state index < -0.39 is 49.5 Å².